The van der Waals surface area contributed by atoms with Crippen molar-refractivity contribution in [3.8, 4) is 0 Å². The third-order valence-corrected chi connectivity index (χ3v) is 6.76. The summed E-state index contributed by atoms with van der Waals surface area (Å²) in [7, 11) is 0. The zero-order chi connectivity index (χ0) is 23.2. The number of carbonyl (C=O) groups excluding carboxylic acids is 1. The fourth-order valence-electron chi connectivity index (χ4n) is 4.78. The molecule has 2 fully saturated rings. The SMILES string of the molecule is O=C(NC1CCN(Cc2ccccc2)CC1)c1ccnc(N2CCN(c3ccccn3)CC2)c1. The number of likely N-dealkylation sites (tertiary alicyclic amines) is 1. The molecule has 176 valence electrons. The van der Waals surface area contributed by atoms with E-state index in [1.165, 1.54) is 5.56 Å². The summed E-state index contributed by atoms with van der Waals surface area (Å²) in [5.41, 5.74) is 2.03. The Morgan fingerprint density at radius 3 is 2.18 bits per heavy atom. The van der Waals surface area contributed by atoms with Gasteiger partial charge in [-0.25, -0.2) is 9.97 Å². The molecule has 7 nitrogen and oxygen atoms in total. The number of aromatic nitrogens is 2. The Labute approximate surface area is 201 Å². The summed E-state index contributed by atoms with van der Waals surface area (Å²) in [4.78, 5) is 29.0. The Bertz CT molecular complexity index is 1060. The van der Waals surface area contributed by atoms with E-state index >= 15 is 0 Å². The number of piperidine rings is 1. The molecule has 0 bridgehead atoms. The second kappa shape index (κ2) is 10.7. The first-order valence-corrected chi connectivity index (χ1v) is 12.2. The Kier molecular flexibility index (Phi) is 7.00. The molecule has 1 amide bonds. The number of hydrogen-bond donors (Lipinski definition) is 1. The second-order valence-electron chi connectivity index (χ2n) is 9.07. The summed E-state index contributed by atoms with van der Waals surface area (Å²) in [5.74, 6) is 1.88. The summed E-state index contributed by atoms with van der Waals surface area (Å²) in [6.07, 6.45) is 5.54. The minimum absolute atomic E-state index is 0.00252. The fourth-order valence-corrected chi connectivity index (χ4v) is 4.78. The van der Waals surface area contributed by atoms with Crippen molar-refractivity contribution in [2.45, 2.75) is 25.4 Å². The Hall–Kier alpha value is -3.45. The maximum absolute atomic E-state index is 13.0. The number of nitrogens with zero attached hydrogens (tertiary/aromatic N) is 5. The van der Waals surface area contributed by atoms with Crippen LogP contribution in [0.5, 0.6) is 0 Å². The summed E-state index contributed by atoms with van der Waals surface area (Å²) in [5, 5.41) is 3.25. The van der Waals surface area contributed by atoms with Gasteiger partial charge in [-0.05, 0) is 42.7 Å². The largest absolute Gasteiger partial charge is 0.353 e. The third kappa shape index (κ3) is 5.54. The first kappa shape index (κ1) is 22.3. The average molecular weight is 457 g/mol. The molecular weight excluding hydrogens is 424 g/mol. The Balaban J connectivity index is 1.12. The molecule has 4 heterocycles. The lowest BCUT2D eigenvalue weighted by Crippen LogP contribution is -2.47. The Morgan fingerprint density at radius 2 is 1.47 bits per heavy atom. The standard InChI is InChI=1S/C27H32N6O/c34-27(30-24-10-14-31(15-11-24)21-22-6-2-1-3-7-22)23-9-13-29-26(20-23)33-18-16-32(17-19-33)25-8-4-5-12-28-25/h1-9,12-13,20,24H,10-11,14-19,21H2,(H,30,34). The normalized spacial score (nSPS) is 17.5. The molecule has 1 N–H and O–H groups in total. The summed E-state index contributed by atoms with van der Waals surface area (Å²) < 4.78 is 0. The van der Waals surface area contributed by atoms with Gasteiger partial charge >= 0.3 is 0 Å². The van der Waals surface area contributed by atoms with Crippen molar-refractivity contribution in [3.63, 3.8) is 0 Å². The van der Waals surface area contributed by atoms with Crippen LogP contribution in [0.4, 0.5) is 11.6 Å². The number of hydrogen-bond acceptors (Lipinski definition) is 6. The molecular formula is C27H32N6O. The van der Waals surface area contributed by atoms with Crippen LogP contribution in [-0.2, 0) is 6.54 Å². The number of pyridine rings is 2. The number of amides is 1. The first-order valence-electron chi connectivity index (χ1n) is 12.2. The van der Waals surface area contributed by atoms with Gasteiger partial charge in [-0.1, -0.05) is 36.4 Å². The van der Waals surface area contributed by atoms with Gasteiger partial charge in [0.05, 0.1) is 0 Å². The molecule has 1 aromatic carbocycles. The highest BCUT2D eigenvalue weighted by molar-refractivity contribution is 5.95. The van der Waals surface area contributed by atoms with E-state index in [4.69, 9.17) is 0 Å². The smallest absolute Gasteiger partial charge is 0.251 e. The monoisotopic (exact) mass is 456 g/mol. The molecule has 2 aliphatic heterocycles. The average Bonchev–Trinajstić information content (AvgIpc) is 2.91. The zero-order valence-corrected chi connectivity index (χ0v) is 19.5. The molecule has 2 saturated heterocycles. The van der Waals surface area contributed by atoms with Crippen LogP contribution in [-0.4, -0.2) is 66.1 Å². The summed E-state index contributed by atoms with van der Waals surface area (Å²) in [6.45, 7) is 6.46. The van der Waals surface area contributed by atoms with Crippen molar-refractivity contribution < 1.29 is 4.79 Å². The molecule has 2 aromatic heterocycles. The van der Waals surface area contributed by atoms with Gasteiger partial charge in [-0.3, -0.25) is 9.69 Å². The van der Waals surface area contributed by atoms with Crippen LogP contribution in [0.3, 0.4) is 0 Å². The van der Waals surface area contributed by atoms with Crippen molar-refractivity contribution in [2.24, 2.45) is 0 Å². The minimum atomic E-state index is -0.00252. The lowest BCUT2D eigenvalue weighted by Gasteiger charge is -2.36. The molecule has 0 radical (unpaired) electrons. The number of carbonyl (C=O) groups is 1. The van der Waals surface area contributed by atoms with Crippen LogP contribution in [0.2, 0.25) is 0 Å². The van der Waals surface area contributed by atoms with E-state index in [0.29, 0.717) is 5.56 Å². The lowest BCUT2D eigenvalue weighted by molar-refractivity contribution is 0.0909. The maximum atomic E-state index is 13.0. The van der Waals surface area contributed by atoms with Crippen LogP contribution >= 0.6 is 0 Å². The van der Waals surface area contributed by atoms with Gasteiger partial charge in [0.25, 0.3) is 5.91 Å². The van der Waals surface area contributed by atoms with Crippen molar-refractivity contribution >= 4 is 17.5 Å². The molecule has 7 heteroatoms. The van der Waals surface area contributed by atoms with Gasteiger partial charge in [0.15, 0.2) is 0 Å². The van der Waals surface area contributed by atoms with Gasteiger partial charge < -0.3 is 15.1 Å². The topological polar surface area (TPSA) is 64.6 Å². The first-order chi connectivity index (χ1) is 16.7. The van der Waals surface area contributed by atoms with Crippen LogP contribution in [0.15, 0.2) is 73.1 Å². The van der Waals surface area contributed by atoms with Crippen LogP contribution in [0.1, 0.15) is 28.8 Å². The predicted molar refractivity (Wildman–Crippen MR) is 135 cm³/mol. The second-order valence-corrected chi connectivity index (χ2v) is 9.07. The van der Waals surface area contributed by atoms with E-state index in [1.54, 1.807) is 6.20 Å². The molecule has 0 unspecified atom stereocenters. The van der Waals surface area contributed by atoms with E-state index in [-0.39, 0.29) is 11.9 Å². The molecule has 0 aliphatic carbocycles. The van der Waals surface area contributed by atoms with Crippen LogP contribution in [0, 0.1) is 0 Å². The molecule has 3 aromatic rings. The van der Waals surface area contributed by atoms with E-state index in [9.17, 15) is 4.79 Å². The van der Waals surface area contributed by atoms with Crippen molar-refractivity contribution in [1.82, 2.24) is 20.2 Å². The van der Waals surface area contributed by atoms with Gasteiger partial charge in [0.2, 0.25) is 0 Å². The molecule has 34 heavy (non-hydrogen) atoms. The van der Waals surface area contributed by atoms with Crippen LogP contribution < -0.4 is 15.1 Å². The number of rotatable bonds is 6. The molecule has 2 aliphatic rings. The number of nitrogens with one attached hydrogen (secondary N) is 1. The van der Waals surface area contributed by atoms with E-state index in [0.717, 1.165) is 70.3 Å². The highest BCUT2D eigenvalue weighted by Gasteiger charge is 2.23. The van der Waals surface area contributed by atoms with Gasteiger partial charge in [-0.15, -0.1) is 0 Å². The highest BCUT2D eigenvalue weighted by atomic mass is 16.1. The molecule has 0 saturated carbocycles. The van der Waals surface area contributed by atoms with Gasteiger partial charge in [0, 0.05) is 69.8 Å². The van der Waals surface area contributed by atoms with Gasteiger partial charge in [0.1, 0.15) is 11.6 Å². The van der Waals surface area contributed by atoms with Crippen molar-refractivity contribution in [2.75, 3.05) is 49.1 Å². The highest BCUT2D eigenvalue weighted by Crippen LogP contribution is 2.19. The fraction of sp³-hybridized carbons (Fsp3) is 0.370. The molecule has 0 spiro atoms. The quantitative estimate of drug-likeness (QED) is 0.615. The zero-order valence-electron chi connectivity index (χ0n) is 19.5. The molecule has 0 atom stereocenters. The van der Waals surface area contributed by atoms with Crippen molar-refractivity contribution in [1.29, 1.82) is 0 Å². The predicted octanol–water partition coefficient (Wildman–Crippen LogP) is 3.20. The Morgan fingerprint density at radius 1 is 0.794 bits per heavy atom. The van der Waals surface area contributed by atoms with E-state index in [2.05, 4.69) is 60.3 Å². The van der Waals surface area contributed by atoms with E-state index in [1.807, 2.05) is 36.5 Å². The van der Waals surface area contributed by atoms with Gasteiger partial charge in [-0.2, -0.15) is 0 Å². The van der Waals surface area contributed by atoms with E-state index < -0.39 is 0 Å². The minimum Gasteiger partial charge on any atom is -0.353 e. The summed E-state index contributed by atoms with van der Waals surface area (Å²) in [6, 6.07) is 20.5. The lowest BCUT2D eigenvalue weighted by atomic mass is 10.0. The molecule has 5 rings (SSSR count). The summed E-state index contributed by atoms with van der Waals surface area (Å²) >= 11 is 0. The number of benzene rings is 1. The van der Waals surface area contributed by atoms with Crippen molar-refractivity contribution in [3.05, 3.63) is 84.2 Å². The van der Waals surface area contributed by atoms with Crippen LogP contribution in [0.25, 0.3) is 0 Å². The number of piperazine rings is 1. The third-order valence-electron chi connectivity index (χ3n) is 6.76. The number of anilines is 2. The maximum Gasteiger partial charge on any atom is 0.251 e.